The van der Waals surface area contributed by atoms with Crippen LogP contribution in [0.2, 0.25) is 0 Å². The molecule has 0 bridgehead atoms. The van der Waals surface area contributed by atoms with Crippen molar-refractivity contribution in [3.63, 3.8) is 0 Å². The van der Waals surface area contributed by atoms with Crippen molar-refractivity contribution in [2.75, 3.05) is 0 Å². The van der Waals surface area contributed by atoms with Crippen LogP contribution in [0.25, 0.3) is 21.5 Å². The molecule has 312 valence electrons. The van der Waals surface area contributed by atoms with Gasteiger partial charge >= 0.3 is 150 Å². The van der Waals surface area contributed by atoms with E-state index in [9.17, 15) is 0 Å². The van der Waals surface area contributed by atoms with E-state index in [1.807, 2.05) is 12.2 Å². The van der Waals surface area contributed by atoms with E-state index in [4.69, 9.17) is 0 Å². The van der Waals surface area contributed by atoms with Gasteiger partial charge in [-0.05, 0) is 21.7 Å². The molecule has 0 N–H and O–H groups in total. The molecule has 5 aromatic carbocycles. The number of benzene rings is 4. The predicted octanol–water partition coefficient (Wildman–Crippen LogP) is 9.61. The standard InChI is InChI=1S/C29H41.C21H26.C5H5.2ClH.Hf/c1-26(2,3)22-14-18-13-19-15-23(27(4,5)6)25(29(10,11)12)17-21(19)20(18)16-24(22)28(7,8)9;1-20(2,3)18-11-7-16(8-12-18)15-17-9-13-19(14-10-17)21(4,5)6;1-2-4-5-3-1;;;/h13-17H,1-12H3;7-14H,1-6H3;1-3H,4H2;2*1H;/q-1;;-1;;;+2/p-2. The molecular formula is C55H72Cl2Hf-2. The zero-order valence-electron chi connectivity index (χ0n) is 39.2. The van der Waals surface area contributed by atoms with E-state index in [1.165, 1.54) is 69.3 Å². The Labute approximate surface area is 382 Å². The minimum atomic E-state index is 0. The van der Waals surface area contributed by atoms with Gasteiger partial charge in [0.1, 0.15) is 0 Å². The first kappa shape index (κ1) is 51.7. The van der Waals surface area contributed by atoms with Crippen molar-refractivity contribution in [3.05, 3.63) is 148 Å². The van der Waals surface area contributed by atoms with Crippen molar-refractivity contribution in [2.24, 2.45) is 0 Å². The number of fused-ring (bicyclic) bond motifs is 3. The largest absolute Gasteiger partial charge is 1.00 e. The number of hydrogen-bond acceptors (Lipinski definition) is 0. The third-order valence-electron chi connectivity index (χ3n) is 10.9. The van der Waals surface area contributed by atoms with E-state index in [0.29, 0.717) is 0 Å². The molecule has 6 rings (SSSR count). The summed E-state index contributed by atoms with van der Waals surface area (Å²) in [7, 11) is 0. The van der Waals surface area contributed by atoms with Crippen LogP contribution < -0.4 is 24.8 Å². The molecule has 0 radical (unpaired) electrons. The predicted molar refractivity (Wildman–Crippen MR) is 247 cm³/mol. The van der Waals surface area contributed by atoms with Gasteiger partial charge in [0.25, 0.3) is 0 Å². The molecule has 0 heterocycles. The number of hydrogen-bond donors (Lipinski definition) is 0. The van der Waals surface area contributed by atoms with E-state index >= 15 is 0 Å². The van der Waals surface area contributed by atoms with Crippen LogP contribution in [-0.2, 0) is 56.4 Å². The van der Waals surface area contributed by atoms with E-state index in [-0.39, 0.29) is 57.3 Å². The van der Waals surface area contributed by atoms with Gasteiger partial charge in [0.05, 0.1) is 0 Å². The summed E-state index contributed by atoms with van der Waals surface area (Å²) in [6.45, 7) is 41.6. The monoisotopic (exact) mass is 982 g/mol. The van der Waals surface area contributed by atoms with E-state index < -0.39 is 0 Å². The Kier molecular flexibility index (Phi) is 17.0. The van der Waals surface area contributed by atoms with Crippen LogP contribution in [0.1, 0.15) is 176 Å². The average Bonchev–Trinajstić information content (AvgIpc) is 3.77. The summed E-state index contributed by atoms with van der Waals surface area (Å²) < 4.78 is 1.47. The van der Waals surface area contributed by atoms with Gasteiger partial charge < -0.3 is 24.8 Å². The van der Waals surface area contributed by atoms with Gasteiger partial charge in [-0.25, -0.2) is 12.2 Å². The Morgan fingerprint density at radius 3 is 1.00 bits per heavy atom. The Hall–Kier alpha value is -2.45. The Morgan fingerprint density at radius 2 is 0.776 bits per heavy atom. The molecule has 0 spiro atoms. The second kappa shape index (κ2) is 19.1. The molecule has 5 aromatic rings. The van der Waals surface area contributed by atoms with Crippen LogP contribution >= 0.6 is 0 Å². The van der Waals surface area contributed by atoms with Crippen molar-refractivity contribution < 1.29 is 48.7 Å². The fourth-order valence-corrected chi connectivity index (χ4v) is 8.57. The van der Waals surface area contributed by atoms with Crippen molar-refractivity contribution in [2.45, 2.75) is 164 Å². The van der Waals surface area contributed by atoms with Crippen LogP contribution in [0.5, 0.6) is 0 Å². The Bertz CT molecular complexity index is 2040. The summed E-state index contributed by atoms with van der Waals surface area (Å²) in [6, 6.07) is 30.5. The smallest absolute Gasteiger partial charge is 0.109 e. The van der Waals surface area contributed by atoms with Crippen LogP contribution in [0.15, 0.2) is 97.1 Å². The number of allylic oxidation sites excluding steroid dienone is 4. The maximum Gasteiger partial charge on any atom is -0.109 e. The third-order valence-corrected chi connectivity index (χ3v) is 13.0. The van der Waals surface area contributed by atoms with Gasteiger partial charge in [-0.1, -0.05) is 117 Å². The maximum atomic E-state index is 2.99. The van der Waals surface area contributed by atoms with E-state index in [2.05, 4.69) is 216 Å². The fourth-order valence-electron chi connectivity index (χ4n) is 7.37. The molecule has 0 saturated heterocycles. The minimum Gasteiger partial charge on any atom is -1.00 e. The van der Waals surface area contributed by atoms with Crippen molar-refractivity contribution in [3.8, 4) is 0 Å². The van der Waals surface area contributed by atoms with E-state index in [1.54, 1.807) is 0 Å². The van der Waals surface area contributed by atoms with Gasteiger partial charge in [-0.2, -0.15) is 6.08 Å². The number of rotatable bonds is 2. The summed E-state index contributed by atoms with van der Waals surface area (Å²) in [5.41, 5.74) is 12.4. The van der Waals surface area contributed by atoms with Crippen LogP contribution in [-0.4, -0.2) is 3.26 Å². The molecule has 0 saturated carbocycles. The van der Waals surface area contributed by atoms with Crippen molar-refractivity contribution >= 4 is 24.8 Å². The topological polar surface area (TPSA) is 0 Å². The average molecular weight is 983 g/mol. The van der Waals surface area contributed by atoms with Gasteiger partial charge in [0.2, 0.25) is 0 Å². The maximum absolute atomic E-state index is 2.99. The quantitative estimate of drug-likeness (QED) is 0.122. The second-order valence-corrected chi connectivity index (χ2v) is 23.9. The van der Waals surface area contributed by atoms with Crippen molar-refractivity contribution in [1.29, 1.82) is 0 Å². The first-order chi connectivity index (χ1) is 25.5. The van der Waals surface area contributed by atoms with Crippen LogP contribution in [0.3, 0.4) is 0 Å². The van der Waals surface area contributed by atoms with Crippen LogP contribution in [0.4, 0.5) is 0 Å². The normalized spacial score (nSPS) is 13.3. The molecule has 0 nitrogen and oxygen atoms in total. The molecule has 1 aliphatic carbocycles. The minimum absolute atomic E-state index is 0. The summed E-state index contributed by atoms with van der Waals surface area (Å²) in [5, 5.41) is 5.57. The molecule has 0 aliphatic heterocycles. The molecule has 1 aliphatic rings. The summed E-state index contributed by atoms with van der Waals surface area (Å²) in [6.07, 6.45) is 10.0. The Balaban J connectivity index is 0.000000354. The van der Waals surface area contributed by atoms with Crippen LogP contribution in [0, 0.1) is 6.08 Å². The molecule has 0 amide bonds. The molecule has 0 aromatic heterocycles. The summed E-state index contributed by atoms with van der Waals surface area (Å²) in [4.78, 5) is 0. The molecule has 58 heavy (non-hydrogen) atoms. The molecule has 0 unspecified atom stereocenters. The van der Waals surface area contributed by atoms with Gasteiger partial charge in [-0.3, -0.25) is 6.08 Å². The van der Waals surface area contributed by atoms with Gasteiger partial charge in [-0.15, -0.1) is 46.2 Å². The van der Waals surface area contributed by atoms with Crippen molar-refractivity contribution in [1.82, 2.24) is 0 Å². The Morgan fingerprint density at radius 1 is 0.466 bits per heavy atom. The molecular weight excluding hydrogens is 910 g/mol. The second-order valence-electron chi connectivity index (χ2n) is 22.1. The van der Waals surface area contributed by atoms with E-state index in [0.717, 1.165) is 30.3 Å². The summed E-state index contributed by atoms with van der Waals surface area (Å²) in [5.74, 6) is 0. The van der Waals surface area contributed by atoms with Gasteiger partial charge in [0, 0.05) is 0 Å². The zero-order chi connectivity index (χ0) is 42.2. The number of halogens is 2. The SMILES string of the molecule is CC(C)(C)c1cc2[cH-]c3cc(C(C)(C)C)c(C(C)(C)C)cc3c2cc1C(C)(C)C.CC(C)(C)c1ccc([C](=[Hf+2])c2ccc(C(C)(C)C)cc2)cc1.[C-]1=CC=CC1.[Cl-].[Cl-]. The molecule has 3 heteroatoms. The fraction of sp³-hybridized carbons (Fsp3) is 0.455. The third kappa shape index (κ3) is 13.0. The summed E-state index contributed by atoms with van der Waals surface area (Å²) >= 11 is 1.06. The molecule has 0 atom stereocenters. The van der Waals surface area contributed by atoms with Gasteiger partial charge in [0.15, 0.2) is 0 Å². The zero-order valence-corrected chi connectivity index (χ0v) is 44.3. The molecule has 0 fully saturated rings. The first-order valence-electron chi connectivity index (χ1n) is 20.7. The first-order valence-corrected chi connectivity index (χ1v) is 22.5.